The van der Waals surface area contributed by atoms with Crippen molar-refractivity contribution in [1.29, 1.82) is 0 Å². The predicted octanol–water partition coefficient (Wildman–Crippen LogP) is 0.815. The summed E-state index contributed by atoms with van der Waals surface area (Å²) in [7, 11) is -1.54. The molecule has 0 aliphatic heterocycles. The fraction of sp³-hybridized carbons (Fsp3) is 0.455. The Morgan fingerprint density at radius 2 is 1.88 bits per heavy atom. The molecule has 6 heteroatoms. The van der Waals surface area contributed by atoms with E-state index in [0.717, 1.165) is 24.9 Å². The van der Waals surface area contributed by atoms with Crippen LogP contribution in [0, 0.1) is 0 Å². The van der Waals surface area contributed by atoms with E-state index in [1.807, 2.05) is 19.2 Å². The lowest BCUT2D eigenvalue weighted by molar-refractivity contribution is 0.586. The summed E-state index contributed by atoms with van der Waals surface area (Å²) >= 11 is 0. The summed E-state index contributed by atoms with van der Waals surface area (Å²) in [4.78, 5) is 0. The van der Waals surface area contributed by atoms with Crippen LogP contribution in [0.2, 0.25) is 0 Å². The highest BCUT2D eigenvalue weighted by atomic mass is 32.2. The number of anilines is 1. The zero-order valence-corrected chi connectivity index (χ0v) is 10.5. The van der Waals surface area contributed by atoms with Crippen LogP contribution in [-0.2, 0) is 16.8 Å². The van der Waals surface area contributed by atoms with Gasteiger partial charge >= 0.3 is 0 Å². The number of benzene rings is 1. The predicted molar refractivity (Wildman–Crippen MR) is 67.9 cm³/mol. The van der Waals surface area contributed by atoms with E-state index in [0.29, 0.717) is 5.69 Å². The number of nitrogens with one attached hydrogen (secondary N) is 3. The molecule has 1 fully saturated rings. The molecule has 0 bridgehead atoms. The maximum atomic E-state index is 11.6. The largest absolute Gasteiger partial charge is 0.316 e. The molecule has 0 spiro atoms. The molecular formula is C11H17N3O2S. The van der Waals surface area contributed by atoms with Gasteiger partial charge in [0.1, 0.15) is 0 Å². The minimum atomic E-state index is -3.41. The topological polar surface area (TPSA) is 70.2 Å². The van der Waals surface area contributed by atoms with Gasteiger partial charge in [-0.25, -0.2) is 0 Å². The maximum absolute atomic E-state index is 11.6. The second-order valence-electron chi connectivity index (χ2n) is 4.22. The molecule has 0 heterocycles. The lowest BCUT2D eigenvalue weighted by Crippen LogP contribution is -2.31. The van der Waals surface area contributed by atoms with Crippen LogP contribution in [0.5, 0.6) is 0 Å². The zero-order chi connectivity index (χ0) is 12.3. The molecule has 2 rings (SSSR count). The van der Waals surface area contributed by atoms with Crippen molar-refractivity contribution in [2.75, 3.05) is 11.8 Å². The summed E-state index contributed by atoms with van der Waals surface area (Å²) in [5.74, 6) is 0. The standard InChI is InChI=1S/C11H17N3O2S/c1-12-8-9-2-4-10(5-3-9)13-17(15,16)14-11-6-7-11/h2-5,11-14H,6-8H2,1H3. The molecule has 17 heavy (non-hydrogen) atoms. The normalized spacial score (nSPS) is 15.8. The third kappa shape index (κ3) is 3.99. The summed E-state index contributed by atoms with van der Waals surface area (Å²) < 4.78 is 28.3. The SMILES string of the molecule is CNCc1ccc(NS(=O)(=O)NC2CC2)cc1. The molecule has 1 aromatic carbocycles. The molecular weight excluding hydrogens is 238 g/mol. The first-order valence-electron chi connectivity index (χ1n) is 5.63. The molecule has 1 aliphatic rings. The van der Waals surface area contributed by atoms with Crippen molar-refractivity contribution in [2.45, 2.75) is 25.4 Å². The molecule has 3 N–H and O–H groups in total. The Balaban J connectivity index is 1.97. The average molecular weight is 255 g/mol. The maximum Gasteiger partial charge on any atom is 0.299 e. The highest BCUT2D eigenvalue weighted by Crippen LogP contribution is 2.20. The van der Waals surface area contributed by atoms with Gasteiger partial charge in [-0.2, -0.15) is 13.1 Å². The van der Waals surface area contributed by atoms with Crippen LogP contribution in [0.4, 0.5) is 5.69 Å². The van der Waals surface area contributed by atoms with Crippen LogP contribution in [0.25, 0.3) is 0 Å². The highest BCUT2D eigenvalue weighted by molar-refractivity contribution is 7.90. The van der Waals surface area contributed by atoms with Crippen molar-refractivity contribution in [3.63, 3.8) is 0 Å². The molecule has 1 saturated carbocycles. The second kappa shape index (κ2) is 5.03. The summed E-state index contributed by atoms with van der Waals surface area (Å²) in [6, 6.07) is 7.44. The van der Waals surface area contributed by atoms with Crippen molar-refractivity contribution >= 4 is 15.9 Å². The average Bonchev–Trinajstić information content (AvgIpc) is 3.04. The van der Waals surface area contributed by atoms with Crippen molar-refractivity contribution in [1.82, 2.24) is 10.0 Å². The van der Waals surface area contributed by atoms with Crippen molar-refractivity contribution in [3.05, 3.63) is 29.8 Å². The van der Waals surface area contributed by atoms with E-state index >= 15 is 0 Å². The lowest BCUT2D eigenvalue weighted by Gasteiger charge is -2.09. The zero-order valence-electron chi connectivity index (χ0n) is 9.73. The second-order valence-corrected chi connectivity index (χ2v) is 5.67. The summed E-state index contributed by atoms with van der Waals surface area (Å²) in [6.45, 7) is 0.771. The molecule has 5 nitrogen and oxygen atoms in total. The third-order valence-corrected chi connectivity index (χ3v) is 3.63. The van der Waals surface area contributed by atoms with Crippen molar-refractivity contribution in [2.24, 2.45) is 0 Å². The van der Waals surface area contributed by atoms with Gasteiger partial charge in [0, 0.05) is 18.3 Å². The Labute approximate surface area is 102 Å². The summed E-state index contributed by atoms with van der Waals surface area (Å²) in [5, 5.41) is 3.04. The molecule has 0 atom stereocenters. The van der Waals surface area contributed by atoms with Crippen LogP contribution < -0.4 is 14.8 Å². The molecule has 0 unspecified atom stereocenters. The first kappa shape index (κ1) is 12.3. The number of hydrogen-bond acceptors (Lipinski definition) is 3. The Morgan fingerprint density at radius 3 is 2.41 bits per heavy atom. The van der Waals surface area contributed by atoms with Gasteiger partial charge in [0.2, 0.25) is 0 Å². The third-order valence-electron chi connectivity index (χ3n) is 2.49. The van der Waals surface area contributed by atoms with Crippen LogP contribution in [-0.4, -0.2) is 21.5 Å². The summed E-state index contributed by atoms with van der Waals surface area (Å²) in [5.41, 5.74) is 1.70. The molecule has 0 amide bonds. The van der Waals surface area contributed by atoms with E-state index in [9.17, 15) is 8.42 Å². The Hall–Kier alpha value is -1.11. The molecule has 1 aromatic rings. The Kier molecular flexibility index (Phi) is 3.66. The van der Waals surface area contributed by atoms with E-state index in [1.165, 1.54) is 0 Å². The Morgan fingerprint density at radius 1 is 1.24 bits per heavy atom. The first-order chi connectivity index (χ1) is 8.09. The first-order valence-corrected chi connectivity index (χ1v) is 7.11. The van der Waals surface area contributed by atoms with E-state index < -0.39 is 10.2 Å². The van der Waals surface area contributed by atoms with Gasteiger partial charge in [-0.05, 0) is 37.6 Å². The number of rotatable bonds is 6. The van der Waals surface area contributed by atoms with Gasteiger partial charge in [0.05, 0.1) is 0 Å². The fourth-order valence-corrected chi connectivity index (χ4v) is 2.68. The molecule has 0 saturated heterocycles. The molecule has 0 aromatic heterocycles. The van der Waals surface area contributed by atoms with E-state index in [1.54, 1.807) is 12.1 Å². The minimum Gasteiger partial charge on any atom is -0.316 e. The molecule has 94 valence electrons. The van der Waals surface area contributed by atoms with Gasteiger partial charge < -0.3 is 5.32 Å². The quantitative estimate of drug-likeness (QED) is 0.704. The van der Waals surface area contributed by atoms with Gasteiger partial charge in [-0.3, -0.25) is 4.72 Å². The highest BCUT2D eigenvalue weighted by Gasteiger charge is 2.26. The van der Waals surface area contributed by atoms with Crippen LogP contribution in [0.1, 0.15) is 18.4 Å². The fourth-order valence-electron chi connectivity index (χ4n) is 1.50. The van der Waals surface area contributed by atoms with Gasteiger partial charge in [-0.1, -0.05) is 12.1 Å². The van der Waals surface area contributed by atoms with Gasteiger partial charge in [0.15, 0.2) is 0 Å². The Bertz CT molecular complexity index is 466. The van der Waals surface area contributed by atoms with E-state index in [2.05, 4.69) is 14.8 Å². The monoisotopic (exact) mass is 255 g/mol. The summed E-state index contributed by atoms with van der Waals surface area (Å²) in [6.07, 6.45) is 1.87. The van der Waals surface area contributed by atoms with E-state index in [4.69, 9.17) is 0 Å². The minimum absolute atomic E-state index is 0.121. The van der Waals surface area contributed by atoms with Crippen LogP contribution >= 0.6 is 0 Å². The lowest BCUT2D eigenvalue weighted by atomic mass is 10.2. The van der Waals surface area contributed by atoms with Crippen molar-refractivity contribution < 1.29 is 8.42 Å². The van der Waals surface area contributed by atoms with Gasteiger partial charge in [-0.15, -0.1) is 0 Å². The molecule has 0 radical (unpaired) electrons. The van der Waals surface area contributed by atoms with Crippen LogP contribution in [0.15, 0.2) is 24.3 Å². The van der Waals surface area contributed by atoms with Crippen LogP contribution in [0.3, 0.4) is 0 Å². The van der Waals surface area contributed by atoms with Gasteiger partial charge in [0.25, 0.3) is 10.2 Å². The molecule has 1 aliphatic carbocycles. The smallest absolute Gasteiger partial charge is 0.299 e. The van der Waals surface area contributed by atoms with Crippen molar-refractivity contribution in [3.8, 4) is 0 Å². The number of hydrogen-bond donors (Lipinski definition) is 3. The van der Waals surface area contributed by atoms with E-state index in [-0.39, 0.29) is 6.04 Å².